The van der Waals surface area contributed by atoms with Gasteiger partial charge in [0.25, 0.3) is 5.91 Å². The molecule has 1 fully saturated rings. The summed E-state index contributed by atoms with van der Waals surface area (Å²) < 4.78 is 0. The SMILES string of the molecule is CCCNC(=O)c1cccc(CNC(=O)CC(C)C2CCNCC2)c1. The van der Waals surface area contributed by atoms with Crippen LogP contribution in [0.1, 0.15) is 55.5 Å². The molecule has 1 saturated heterocycles. The molecule has 2 amide bonds. The Bertz CT molecular complexity index is 568. The van der Waals surface area contributed by atoms with Crippen LogP contribution >= 0.6 is 0 Å². The lowest BCUT2D eigenvalue weighted by Gasteiger charge is -2.27. The molecule has 1 unspecified atom stereocenters. The Kier molecular flexibility index (Phi) is 7.92. The summed E-state index contributed by atoms with van der Waals surface area (Å²) in [4.78, 5) is 24.2. The summed E-state index contributed by atoms with van der Waals surface area (Å²) in [6.45, 7) is 7.46. The third-order valence-corrected chi connectivity index (χ3v) is 4.91. The molecule has 1 aliphatic rings. The highest BCUT2D eigenvalue weighted by Gasteiger charge is 2.21. The van der Waals surface area contributed by atoms with Gasteiger partial charge in [0.2, 0.25) is 5.91 Å². The molecule has 0 aliphatic carbocycles. The highest BCUT2D eigenvalue weighted by molar-refractivity contribution is 5.94. The first-order valence-corrected chi connectivity index (χ1v) is 9.44. The normalized spacial score (nSPS) is 16.2. The zero-order chi connectivity index (χ0) is 18.1. The molecule has 2 rings (SSSR count). The third kappa shape index (κ3) is 6.50. The Labute approximate surface area is 151 Å². The van der Waals surface area contributed by atoms with E-state index in [1.165, 1.54) is 0 Å². The second-order valence-corrected chi connectivity index (χ2v) is 7.00. The van der Waals surface area contributed by atoms with Gasteiger partial charge in [-0.25, -0.2) is 0 Å². The topological polar surface area (TPSA) is 70.2 Å². The molecule has 0 radical (unpaired) electrons. The summed E-state index contributed by atoms with van der Waals surface area (Å²) >= 11 is 0. The van der Waals surface area contributed by atoms with Gasteiger partial charge in [-0.2, -0.15) is 0 Å². The maximum atomic E-state index is 12.2. The summed E-state index contributed by atoms with van der Waals surface area (Å²) in [6, 6.07) is 7.45. The molecule has 5 nitrogen and oxygen atoms in total. The van der Waals surface area contributed by atoms with Gasteiger partial charge in [-0.3, -0.25) is 9.59 Å². The van der Waals surface area contributed by atoms with Crippen LogP contribution in [-0.4, -0.2) is 31.4 Å². The Morgan fingerprint density at radius 2 is 2.00 bits per heavy atom. The van der Waals surface area contributed by atoms with E-state index in [9.17, 15) is 9.59 Å². The first kappa shape index (κ1) is 19.4. The molecular formula is C20H31N3O2. The second-order valence-electron chi connectivity index (χ2n) is 7.00. The van der Waals surface area contributed by atoms with Crippen LogP contribution in [0.5, 0.6) is 0 Å². The van der Waals surface area contributed by atoms with Crippen LogP contribution in [0.2, 0.25) is 0 Å². The zero-order valence-corrected chi connectivity index (χ0v) is 15.4. The van der Waals surface area contributed by atoms with Crippen molar-refractivity contribution in [1.82, 2.24) is 16.0 Å². The number of amides is 2. The average Bonchev–Trinajstić information content (AvgIpc) is 2.65. The van der Waals surface area contributed by atoms with Crippen molar-refractivity contribution in [3.05, 3.63) is 35.4 Å². The van der Waals surface area contributed by atoms with Crippen molar-refractivity contribution >= 4 is 11.8 Å². The maximum absolute atomic E-state index is 12.2. The lowest BCUT2D eigenvalue weighted by molar-refractivity contribution is -0.122. The molecule has 5 heteroatoms. The molecule has 1 atom stereocenters. The monoisotopic (exact) mass is 345 g/mol. The van der Waals surface area contributed by atoms with Gasteiger partial charge >= 0.3 is 0 Å². The first-order valence-electron chi connectivity index (χ1n) is 9.44. The Morgan fingerprint density at radius 3 is 2.72 bits per heavy atom. The van der Waals surface area contributed by atoms with Crippen LogP contribution in [0.25, 0.3) is 0 Å². The molecule has 138 valence electrons. The lowest BCUT2D eigenvalue weighted by atomic mass is 9.84. The van der Waals surface area contributed by atoms with Gasteiger partial charge in [0.05, 0.1) is 0 Å². The van der Waals surface area contributed by atoms with Gasteiger partial charge in [-0.05, 0) is 61.9 Å². The molecule has 1 aliphatic heterocycles. The molecular weight excluding hydrogens is 314 g/mol. The smallest absolute Gasteiger partial charge is 0.251 e. The molecule has 0 aromatic heterocycles. The van der Waals surface area contributed by atoms with Gasteiger partial charge in [0, 0.05) is 25.1 Å². The summed E-state index contributed by atoms with van der Waals surface area (Å²) in [6.07, 6.45) is 3.80. The van der Waals surface area contributed by atoms with E-state index >= 15 is 0 Å². The number of carbonyl (C=O) groups excluding carboxylic acids is 2. The van der Waals surface area contributed by atoms with Crippen LogP contribution < -0.4 is 16.0 Å². The van der Waals surface area contributed by atoms with E-state index in [0.29, 0.717) is 36.9 Å². The van der Waals surface area contributed by atoms with Crippen LogP contribution in [0, 0.1) is 11.8 Å². The fraction of sp³-hybridized carbons (Fsp3) is 0.600. The Hall–Kier alpha value is -1.88. The standard InChI is InChI=1S/C20H31N3O2/c1-3-9-22-20(25)18-6-4-5-16(13-18)14-23-19(24)12-15(2)17-7-10-21-11-8-17/h4-6,13,15,17,21H,3,7-12,14H2,1-2H3,(H,22,25)(H,23,24). The van der Waals surface area contributed by atoms with Crippen molar-refractivity contribution in [3.63, 3.8) is 0 Å². The van der Waals surface area contributed by atoms with E-state index in [1.807, 2.05) is 25.1 Å². The van der Waals surface area contributed by atoms with E-state index in [0.717, 1.165) is 37.9 Å². The van der Waals surface area contributed by atoms with Crippen molar-refractivity contribution in [2.45, 2.75) is 46.1 Å². The van der Waals surface area contributed by atoms with E-state index in [2.05, 4.69) is 22.9 Å². The van der Waals surface area contributed by atoms with E-state index < -0.39 is 0 Å². The molecule has 1 aromatic rings. The minimum Gasteiger partial charge on any atom is -0.352 e. The van der Waals surface area contributed by atoms with Crippen molar-refractivity contribution < 1.29 is 9.59 Å². The van der Waals surface area contributed by atoms with Crippen molar-refractivity contribution in [2.75, 3.05) is 19.6 Å². The molecule has 0 saturated carbocycles. The van der Waals surface area contributed by atoms with Crippen LogP contribution in [0.4, 0.5) is 0 Å². The number of hydrogen-bond donors (Lipinski definition) is 3. The van der Waals surface area contributed by atoms with Crippen LogP contribution in [0.15, 0.2) is 24.3 Å². The van der Waals surface area contributed by atoms with E-state index in [1.54, 1.807) is 6.07 Å². The first-order chi connectivity index (χ1) is 12.1. The minimum absolute atomic E-state index is 0.0606. The minimum atomic E-state index is -0.0606. The number of rotatable bonds is 8. The lowest BCUT2D eigenvalue weighted by Crippen LogP contribution is -2.33. The van der Waals surface area contributed by atoms with Gasteiger partial charge in [0.15, 0.2) is 0 Å². The van der Waals surface area contributed by atoms with Gasteiger partial charge in [0.1, 0.15) is 0 Å². The van der Waals surface area contributed by atoms with Crippen molar-refractivity contribution in [1.29, 1.82) is 0 Å². The van der Waals surface area contributed by atoms with Gasteiger partial charge < -0.3 is 16.0 Å². The second kappa shape index (κ2) is 10.2. The zero-order valence-electron chi connectivity index (χ0n) is 15.4. The summed E-state index contributed by atoms with van der Waals surface area (Å²) in [5.74, 6) is 1.08. The predicted octanol–water partition coefficient (Wildman–Crippen LogP) is 2.47. The Balaban J connectivity index is 1.79. The van der Waals surface area contributed by atoms with Crippen LogP contribution in [-0.2, 0) is 11.3 Å². The predicted molar refractivity (Wildman–Crippen MR) is 100 cm³/mol. The van der Waals surface area contributed by atoms with E-state index in [4.69, 9.17) is 0 Å². The molecule has 1 aromatic carbocycles. The highest BCUT2D eigenvalue weighted by Crippen LogP contribution is 2.24. The molecule has 25 heavy (non-hydrogen) atoms. The number of benzene rings is 1. The third-order valence-electron chi connectivity index (χ3n) is 4.91. The van der Waals surface area contributed by atoms with Gasteiger partial charge in [-0.15, -0.1) is 0 Å². The highest BCUT2D eigenvalue weighted by atomic mass is 16.2. The quantitative estimate of drug-likeness (QED) is 0.678. The number of hydrogen-bond acceptors (Lipinski definition) is 3. The molecule has 0 bridgehead atoms. The number of piperidine rings is 1. The van der Waals surface area contributed by atoms with Crippen molar-refractivity contribution in [2.24, 2.45) is 11.8 Å². The number of carbonyl (C=O) groups is 2. The summed E-state index contributed by atoms with van der Waals surface area (Å²) in [5, 5.41) is 9.23. The number of nitrogens with one attached hydrogen (secondary N) is 3. The summed E-state index contributed by atoms with van der Waals surface area (Å²) in [7, 11) is 0. The maximum Gasteiger partial charge on any atom is 0.251 e. The fourth-order valence-electron chi connectivity index (χ4n) is 3.31. The average molecular weight is 345 g/mol. The van der Waals surface area contributed by atoms with Gasteiger partial charge in [-0.1, -0.05) is 26.0 Å². The molecule has 0 spiro atoms. The largest absolute Gasteiger partial charge is 0.352 e. The van der Waals surface area contributed by atoms with E-state index in [-0.39, 0.29) is 11.8 Å². The fourth-order valence-corrected chi connectivity index (χ4v) is 3.31. The van der Waals surface area contributed by atoms with Crippen LogP contribution in [0.3, 0.4) is 0 Å². The van der Waals surface area contributed by atoms with Crippen molar-refractivity contribution in [3.8, 4) is 0 Å². The molecule has 3 N–H and O–H groups in total. The molecule has 1 heterocycles. The summed E-state index contributed by atoms with van der Waals surface area (Å²) in [5.41, 5.74) is 1.59. The Morgan fingerprint density at radius 1 is 1.24 bits per heavy atom.